The maximum atomic E-state index is 14.0. The lowest BCUT2D eigenvalue weighted by Crippen LogP contribution is -2.17. The molecule has 0 aliphatic carbocycles. The second-order valence-electron chi connectivity index (χ2n) is 6.07. The molecule has 2 N–H and O–H groups in total. The summed E-state index contributed by atoms with van der Waals surface area (Å²) in [6.07, 6.45) is 0. The number of rotatable bonds is 5. The van der Waals surface area contributed by atoms with E-state index in [4.69, 9.17) is 27.9 Å². The highest BCUT2D eigenvalue weighted by molar-refractivity contribution is 6.31. The molecule has 5 nitrogen and oxygen atoms in total. The van der Waals surface area contributed by atoms with Gasteiger partial charge >= 0.3 is 0 Å². The van der Waals surface area contributed by atoms with Crippen LogP contribution in [-0.2, 0) is 0 Å². The highest BCUT2D eigenvalue weighted by atomic mass is 35.5. The molecule has 2 amide bonds. The predicted octanol–water partition coefficient (Wildman–Crippen LogP) is 5.78. The van der Waals surface area contributed by atoms with Crippen LogP contribution in [0.1, 0.15) is 20.7 Å². The molecule has 3 aromatic carbocycles. The molecule has 3 rings (SSSR count). The van der Waals surface area contributed by atoms with Crippen LogP contribution < -0.4 is 15.4 Å². The molecule has 0 aliphatic rings. The number of carbonyl (C=O) groups is 2. The van der Waals surface area contributed by atoms with Crippen molar-refractivity contribution in [2.45, 2.75) is 0 Å². The van der Waals surface area contributed by atoms with Crippen molar-refractivity contribution in [3.05, 3.63) is 87.4 Å². The van der Waals surface area contributed by atoms with E-state index < -0.39 is 23.4 Å². The maximum Gasteiger partial charge on any atom is 0.259 e. The smallest absolute Gasteiger partial charge is 0.259 e. The quantitative estimate of drug-likeness (QED) is 0.517. The summed E-state index contributed by atoms with van der Waals surface area (Å²) in [5.74, 6) is -2.63. The van der Waals surface area contributed by atoms with Crippen molar-refractivity contribution < 1.29 is 23.1 Å². The predicted molar refractivity (Wildman–Crippen MR) is 112 cm³/mol. The van der Waals surface area contributed by atoms with Gasteiger partial charge in [-0.3, -0.25) is 9.59 Å². The largest absolute Gasteiger partial charge is 0.496 e. The zero-order valence-electron chi connectivity index (χ0n) is 15.4. The van der Waals surface area contributed by atoms with E-state index in [0.29, 0.717) is 0 Å². The number of benzene rings is 3. The van der Waals surface area contributed by atoms with Gasteiger partial charge in [-0.15, -0.1) is 0 Å². The number of nitrogens with one attached hydrogen (secondary N) is 2. The molecule has 9 heteroatoms. The van der Waals surface area contributed by atoms with Crippen molar-refractivity contribution in [2.75, 3.05) is 17.7 Å². The van der Waals surface area contributed by atoms with Crippen molar-refractivity contribution in [1.29, 1.82) is 0 Å². The third kappa shape index (κ3) is 4.87. The third-order valence-electron chi connectivity index (χ3n) is 4.06. The first kappa shape index (κ1) is 21.5. The van der Waals surface area contributed by atoms with Gasteiger partial charge in [0.1, 0.15) is 17.4 Å². The summed E-state index contributed by atoms with van der Waals surface area (Å²) in [6.45, 7) is 0. The number of halogens is 4. The van der Waals surface area contributed by atoms with Crippen molar-refractivity contribution in [3.8, 4) is 5.75 Å². The zero-order valence-corrected chi connectivity index (χ0v) is 16.9. The Balaban J connectivity index is 1.87. The van der Waals surface area contributed by atoms with E-state index in [1.165, 1.54) is 49.6 Å². The number of hydrogen-bond donors (Lipinski definition) is 2. The number of amides is 2. The first-order valence-electron chi connectivity index (χ1n) is 8.49. The Labute approximate surface area is 180 Å². The molecule has 0 atom stereocenters. The number of carbonyl (C=O) groups excluding carboxylic acids is 2. The Morgan fingerprint density at radius 2 is 1.33 bits per heavy atom. The minimum absolute atomic E-state index is 0.0175. The molecule has 0 unspecified atom stereocenters. The van der Waals surface area contributed by atoms with E-state index in [0.717, 1.165) is 12.1 Å². The minimum atomic E-state index is -0.720. The van der Waals surface area contributed by atoms with E-state index in [2.05, 4.69) is 10.6 Å². The molecule has 0 saturated heterocycles. The Kier molecular flexibility index (Phi) is 6.54. The molecule has 0 fully saturated rings. The minimum Gasteiger partial charge on any atom is -0.496 e. The molecule has 0 saturated carbocycles. The van der Waals surface area contributed by atoms with E-state index in [-0.39, 0.29) is 38.3 Å². The van der Waals surface area contributed by atoms with Crippen LogP contribution in [0.15, 0.2) is 54.6 Å². The van der Waals surface area contributed by atoms with Crippen molar-refractivity contribution in [2.24, 2.45) is 0 Å². The molecule has 0 radical (unpaired) electrons. The van der Waals surface area contributed by atoms with Gasteiger partial charge in [-0.2, -0.15) is 0 Å². The zero-order chi connectivity index (χ0) is 21.8. The number of ether oxygens (including phenoxy) is 1. The topological polar surface area (TPSA) is 67.4 Å². The monoisotopic (exact) mass is 450 g/mol. The summed E-state index contributed by atoms with van der Waals surface area (Å²) in [7, 11) is 1.35. The molecule has 0 aliphatic heterocycles. The first-order chi connectivity index (χ1) is 14.3. The van der Waals surface area contributed by atoms with Gasteiger partial charge in [0.05, 0.1) is 24.0 Å². The fourth-order valence-electron chi connectivity index (χ4n) is 2.59. The van der Waals surface area contributed by atoms with Crippen LogP contribution in [0.2, 0.25) is 10.0 Å². The fourth-order valence-corrected chi connectivity index (χ4v) is 2.91. The van der Waals surface area contributed by atoms with E-state index in [9.17, 15) is 18.4 Å². The van der Waals surface area contributed by atoms with Crippen LogP contribution in [0.25, 0.3) is 0 Å². The molecule has 0 spiro atoms. The second kappa shape index (κ2) is 9.11. The Morgan fingerprint density at radius 3 is 1.83 bits per heavy atom. The fraction of sp³-hybridized carbons (Fsp3) is 0.0476. The van der Waals surface area contributed by atoms with Gasteiger partial charge in [0, 0.05) is 15.6 Å². The lowest BCUT2D eigenvalue weighted by atomic mass is 10.1. The third-order valence-corrected chi connectivity index (χ3v) is 4.54. The van der Waals surface area contributed by atoms with Crippen molar-refractivity contribution in [3.63, 3.8) is 0 Å². The Bertz CT molecular complexity index is 1140. The van der Waals surface area contributed by atoms with Gasteiger partial charge < -0.3 is 15.4 Å². The average molecular weight is 451 g/mol. The molecule has 0 heterocycles. The summed E-state index contributed by atoms with van der Waals surface area (Å²) in [5.41, 5.74) is -0.123. The normalized spacial score (nSPS) is 10.4. The second-order valence-corrected chi connectivity index (χ2v) is 6.94. The van der Waals surface area contributed by atoms with Crippen LogP contribution in [0, 0.1) is 11.6 Å². The molecule has 154 valence electrons. The summed E-state index contributed by atoms with van der Waals surface area (Å²) in [4.78, 5) is 25.2. The Morgan fingerprint density at radius 1 is 0.800 bits per heavy atom. The standard InChI is InChI=1S/C21H14Cl2F2N2O3/c1-30-19-7-2-11(20(28)26-17-5-3-12(22)9-15(17)24)8-14(19)21(29)27-18-6-4-13(23)10-16(18)25/h2-10H,1H3,(H,26,28)(H,27,29). The van der Waals surface area contributed by atoms with Gasteiger partial charge in [-0.25, -0.2) is 8.78 Å². The lowest BCUT2D eigenvalue weighted by Gasteiger charge is -2.12. The summed E-state index contributed by atoms with van der Waals surface area (Å²) < 4.78 is 33.1. The molecule has 0 aromatic heterocycles. The summed E-state index contributed by atoms with van der Waals surface area (Å²) in [5, 5.41) is 5.16. The van der Waals surface area contributed by atoms with Crippen molar-refractivity contribution >= 4 is 46.4 Å². The molecule has 30 heavy (non-hydrogen) atoms. The molecule has 3 aromatic rings. The van der Waals surface area contributed by atoms with Gasteiger partial charge in [0.2, 0.25) is 0 Å². The number of hydrogen-bond acceptors (Lipinski definition) is 3. The van der Waals surface area contributed by atoms with Gasteiger partial charge in [-0.05, 0) is 54.6 Å². The van der Waals surface area contributed by atoms with E-state index >= 15 is 0 Å². The van der Waals surface area contributed by atoms with Crippen LogP contribution >= 0.6 is 23.2 Å². The highest BCUT2D eigenvalue weighted by Crippen LogP contribution is 2.25. The number of methoxy groups -OCH3 is 1. The van der Waals surface area contributed by atoms with E-state index in [1.807, 2.05) is 0 Å². The van der Waals surface area contributed by atoms with Crippen LogP contribution in [0.5, 0.6) is 5.75 Å². The maximum absolute atomic E-state index is 14.0. The van der Waals surface area contributed by atoms with E-state index in [1.54, 1.807) is 0 Å². The van der Waals surface area contributed by atoms with Gasteiger partial charge in [0.25, 0.3) is 11.8 Å². The molecular formula is C21H14Cl2F2N2O3. The average Bonchev–Trinajstić information content (AvgIpc) is 2.71. The van der Waals surface area contributed by atoms with Crippen LogP contribution in [-0.4, -0.2) is 18.9 Å². The van der Waals surface area contributed by atoms with Crippen LogP contribution in [0.4, 0.5) is 20.2 Å². The number of anilines is 2. The van der Waals surface area contributed by atoms with Gasteiger partial charge in [-0.1, -0.05) is 23.2 Å². The lowest BCUT2D eigenvalue weighted by molar-refractivity contribution is 0.102. The van der Waals surface area contributed by atoms with Crippen LogP contribution in [0.3, 0.4) is 0 Å². The summed E-state index contributed by atoms with van der Waals surface area (Å²) >= 11 is 11.4. The highest BCUT2D eigenvalue weighted by Gasteiger charge is 2.18. The van der Waals surface area contributed by atoms with Gasteiger partial charge in [0.15, 0.2) is 0 Å². The SMILES string of the molecule is COc1ccc(C(=O)Nc2ccc(Cl)cc2F)cc1C(=O)Nc1ccc(Cl)cc1F. The summed E-state index contributed by atoms with van der Waals surface area (Å²) in [6, 6.07) is 11.6. The Hall–Kier alpha value is -3.16. The molecular weight excluding hydrogens is 437 g/mol. The molecule has 0 bridgehead atoms. The van der Waals surface area contributed by atoms with Crippen molar-refractivity contribution in [1.82, 2.24) is 0 Å². The first-order valence-corrected chi connectivity index (χ1v) is 9.25.